The Hall–Kier alpha value is -2.50. The highest BCUT2D eigenvalue weighted by Gasteiger charge is 1.91. The summed E-state index contributed by atoms with van der Waals surface area (Å²) in [4.78, 5) is 6.53. The Bertz CT molecular complexity index is 636. The van der Waals surface area contributed by atoms with E-state index in [1.807, 2.05) is 24.3 Å². The van der Waals surface area contributed by atoms with Gasteiger partial charge in [-0.05, 0) is 30.7 Å². The molecule has 0 heterocycles. The maximum absolute atomic E-state index is 6.78. The van der Waals surface area contributed by atoms with Crippen LogP contribution in [0, 0.1) is 13.1 Å². The van der Waals surface area contributed by atoms with E-state index < -0.39 is 0 Å². The number of nitrogens with zero attached hydrogens (tertiary/aromatic N) is 2. The van der Waals surface area contributed by atoms with E-state index in [1.165, 1.54) is 0 Å². The molecule has 0 saturated heterocycles. The van der Waals surface area contributed by atoms with Crippen LogP contribution in [0.2, 0.25) is 0 Å². The summed E-state index contributed by atoms with van der Waals surface area (Å²) in [6.07, 6.45) is 1.10. The van der Waals surface area contributed by atoms with Crippen molar-refractivity contribution in [2.45, 2.75) is 6.42 Å². The minimum absolute atomic E-state index is 0.629. The first-order valence-corrected chi connectivity index (χ1v) is 7.82. The van der Waals surface area contributed by atoms with Gasteiger partial charge in [0.2, 0.25) is 0 Å². The normalized spacial score (nSPS) is 8.86. The number of nitrogens with two attached hydrogens (primary N) is 1. The summed E-state index contributed by atoms with van der Waals surface area (Å²) in [6.45, 7) is 14.3. The van der Waals surface area contributed by atoms with E-state index in [0.29, 0.717) is 17.1 Å². The maximum atomic E-state index is 6.78. The average Bonchev–Trinajstić information content (AvgIpc) is 2.57. The zero-order valence-corrected chi connectivity index (χ0v) is 13.7. The Morgan fingerprint density at radius 1 is 0.909 bits per heavy atom. The lowest BCUT2D eigenvalue weighted by Gasteiger charge is -2.04. The fourth-order valence-corrected chi connectivity index (χ4v) is 1.78. The SMILES string of the molecule is [C-]#[N+]c1ccc(N)cc1.[C-]#[N+]c1ccc(NCCCBr)cc1. The first-order chi connectivity index (χ1) is 10.7. The van der Waals surface area contributed by atoms with Gasteiger partial charge in [0.1, 0.15) is 0 Å². The summed E-state index contributed by atoms with van der Waals surface area (Å²) in [6, 6.07) is 14.3. The number of rotatable bonds is 4. The van der Waals surface area contributed by atoms with Crippen LogP contribution in [-0.4, -0.2) is 11.9 Å². The van der Waals surface area contributed by atoms with E-state index in [2.05, 4.69) is 30.9 Å². The first-order valence-electron chi connectivity index (χ1n) is 6.70. The van der Waals surface area contributed by atoms with Gasteiger partial charge in [0.15, 0.2) is 11.4 Å². The molecule has 0 aliphatic heterocycles. The summed E-state index contributed by atoms with van der Waals surface area (Å²) in [7, 11) is 0. The fraction of sp³-hybridized carbons (Fsp3) is 0.176. The molecule has 0 aliphatic carbocycles. The standard InChI is InChI=1S/C10H11BrN2.C7H6N2/c1-12-9-3-5-10(6-4-9)13-8-2-7-11;1-9-7-4-2-6(8)3-5-7/h3-6,13H,2,7-8H2;2-5H,8H2. The van der Waals surface area contributed by atoms with E-state index >= 15 is 0 Å². The molecule has 0 amide bonds. The van der Waals surface area contributed by atoms with Crippen LogP contribution in [0.3, 0.4) is 0 Å². The maximum Gasteiger partial charge on any atom is 0.187 e. The van der Waals surface area contributed by atoms with Crippen LogP contribution in [0.15, 0.2) is 48.5 Å². The highest BCUT2D eigenvalue weighted by molar-refractivity contribution is 9.09. The molecular formula is C17H17BrN4. The summed E-state index contributed by atoms with van der Waals surface area (Å²) >= 11 is 3.37. The zero-order chi connectivity index (χ0) is 16.2. The van der Waals surface area contributed by atoms with Crippen LogP contribution in [-0.2, 0) is 0 Å². The van der Waals surface area contributed by atoms with Gasteiger partial charge in [-0.2, -0.15) is 0 Å². The number of nitrogen functional groups attached to an aromatic ring is 1. The lowest BCUT2D eigenvalue weighted by Crippen LogP contribution is -2.00. The van der Waals surface area contributed by atoms with Crippen LogP contribution in [0.25, 0.3) is 9.69 Å². The lowest BCUT2D eigenvalue weighted by atomic mass is 10.3. The van der Waals surface area contributed by atoms with Gasteiger partial charge >= 0.3 is 0 Å². The third-order valence-electron chi connectivity index (χ3n) is 2.66. The van der Waals surface area contributed by atoms with E-state index in [9.17, 15) is 0 Å². The van der Waals surface area contributed by atoms with Crippen molar-refractivity contribution in [3.05, 3.63) is 71.4 Å². The Balaban J connectivity index is 0.000000235. The topological polar surface area (TPSA) is 46.8 Å². The molecule has 0 bridgehead atoms. The summed E-state index contributed by atoms with van der Waals surface area (Å²) in [5.74, 6) is 0. The Labute approximate surface area is 139 Å². The van der Waals surface area contributed by atoms with Gasteiger partial charge in [-0.15, -0.1) is 0 Å². The Morgan fingerprint density at radius 3 is 1.86 bits per heavy atom. The van der Waals surface area contributed by atoms with Gasteiger partial charge < -0.3 is 11.1 Å². The van der Waals surface area contributed by atoms with E-state index in [0.717, 1.165) is 24.0 Å². The second-order valence-corrected chi connectivity index (χ2v) is 5.12. The molecule has 0 aromatic heterocycles. The third kappa shape index (κ3) is 6.78. The van der Waals surface area contributed by atoms with Gasteiger partial charge in [-0.3, -0.25) is 0 Å². The number of hydrogen-bond acceptors (Lipinski definition) is 2. The molecule has 4 nitrogen and oxygen atoms in total. The number of nitrogens with one attached hydrogen (secondary N) is 1. The van der Waals surface area contributed by atoms with Gasteiger partial charge in [-0.1, -0.05) is 40.2 Å². The minimum Gasteiger partial charge on any atom is -0.399 e. The smallest absolute Gasteiger partial charge is 0.187 e. The van der Waals surface area contributed by atoms with Gasteiger partial charge in [0, 0.05) is 23.2 Å². The molecule has 22 heavy (non-hydrogen) atoms. The monoisotopic (exact) mass is 356 g/mol. The molecule has 0 aliphatic rings. The molecule has 0 spiro atoms. The number of hydrogen-bond donors (Lipinski definition) is 2. The largest absolute Gasteiger partial charge is 0.399 e. The third-order valence-corrected chi connectivity index (χ3v) is 3.22. The Morgan fingerprint density at radius 2 is 1.41 bits per heavy atom. The van der Waals surface area contributed by atoms with Crippen molar-refractivity contribution in [2.75, 3.05) is 22.9 Å². The van der Waals surface area contributed by atoms with Crippen molar-refractivity contribution in [1.29, 1.82) is 0 Å². The van der Waals surface area contributed by atoms with E-state index in [-0.39, 0.29) is 0 Å². The molecule has 2 rings (SSSR count). The fourth-order valence-electron chi connectivity index (χ4n) is 1.50. The van der Waals surface area contributed by atoms with Crippen molar-refractivity contribution < 1.29 is 0 Å². The van der Waals surface area contributed by atoms with Crippen LogP contribution < -0.4 is 11.1 Å². The predicted octanol–water partition coefficient (Wildman–Crippen LogP) is 5.25. The first kappa shape index (κ1) is 17.6. The Kier molecular flexibility index (Phi) is 8.18. The zero-order valence-electron chi connectivity index (χ0n) is 12.1. The van der Waals surface area contributed by atoms with Crippen molar-refractivity contribution in [3.8, 4) is 0 Å². The molecular weight excluding hydrogens is 340 g/mol. The van der Waals surface area contributed by atoms with Crippen LogP contribution in [0.1, 0.15) is 6.42 Å². The number of alkyl halides is 1. The molecule has 0 unspecified atom stereocenters. The summed E-state index contributed by atoms with van der Waals surface area (Å²) in [5, 5.41) is 4.28. The predicted molar refractivity (Wildman–Crippen MR) is 96.7 cm³/mol. The molecule has 0 radical (unpaired) electrons. The quantitative estimate of drug-likeness (QED) is 0.340. The molecule has 0 atom stereocenters. The molecule has 0 fully saturated rings. The highest BCUT2D eigenvalue weighted by atomic mass is 79.9. The van der Waals surface area contributed by atoms with Crippen LogP contribution >= 0.6 is 15.9 Å². The molecule has 5 heteroatoms. The molecule has 0 saturated carbocycles. The van der Waals surface area contributed by atoms with Gasteiger partial charge in [0.25, 0.3) is 0 Å². The highest BCUT2D eigenvalue weighted by Crippen LogP contribution is 2.15. The summed E-state index contributed by atoms with van der Waals surface area (Å²) in [5.41, 5.74) is 8.47. The molecule has 2 aromatic rings. The lowest BCUT2D eigenvalue weighted by molar-refractivity contribution is 0.999. The molecule has 2 aromatic carbocycles. The molecule has 3 N–H and O–H groups in total. The number of anilines is 2. The second kappa shape index (κ2) is 10.3. The van der Waals surface area contributed by atoms with Crippen molar-refractivity contribution in [3.63, 3.8) is 0 Å². The average molecular weight is 357 g/mol. The van der Waals surface area contributed by atoms with Gasteiger partial charge in [-0.25, -0.2) is 9.69 Å². The number of benzene rings is 2. The van der Waals surface area contributed by atoms with Crippen molar-refractivity contribution in [1.82, 2.24) is 0 Å². The summed E-state index contributed by atoms with van der Waals surface area (Å²) < 4.78 is 0. The van der Waals surface area contributed by atoms with Crippen LogP contribution in [0.5, 0.6) is 0 Å². The van der Waals surface area contributed by atoms with Gasteiger partial charge in [0.05, 0.1) is 13.1 Å². The second-order valence-electron chi connectivity index (χ2n) is 4.33. The van der Waals surface area contributed by atoms with E-state index in [1.54, 1.807) is 24.3 Å². The number of halogens is 1. The molecule has 112 valence electrons. The van der Waals surface area contributed by atoms with E-state index in [4.69, 9.17) is 18.9 Å². The van der Waals surface area contributed by atoms with Crippen molar-refractivity contribution in [2.24, 2.45) is 0 Å². The van der Waals surface area contributed by atoms with Crippen molar-refractivity contribution >= 4 is 38.7 Å². The minimum atomic E-state index is 0.629. The van der Waals surface area contributed by atoms with Crippen LogP contribution in [0.4, 0.5) is 22.7 Å².